The SMILES string of the molecule is C#CCOc1c(I)cc(C=Nn2c(CCCC)nc3ccc(Br)cc3c2=O)cc1OCC. The number of hydrogen-bond donors (Lipinski definition) is 0. The average Bonchev–Trinajstić information content (AvgIpc) is 2.77. The van der Waals surface area contributed by atoms with E-state index in [0.29, 0.717) is 41.3 Å². The number of aryl methyl sites for hydroxylation is 1. The number of unbranched alkanes of at least 4 members (excludes halogenated alkanes) is 1. The van der Waals surface area contributed by atoms with Gasteiger partial charge in [-0.1, -0.05) is 35.2 Å². The highest BCUT2D eigenvalue weighted by atomic mass is 127. The van der Waals surface area contributed by atoms with E-state index in [2.05, 4.69) is 56.5 Å². The minimum atomic E-state index is -0.202. The first-order valence-corrected chi connectivity index (χ1v) is 12.1. The predicted octanol–water partition coefficient (Wildman–Crippen LogP) is 5.40. The summed E-state index contributed by atoms with van der Waals surface area (Å²) in [4.78, 5) is 17.9. The third-order valence-electron chi connectivity index (χ3n) is 4.58. The summed E-state index contributed by atoms with van der Waals surface area (Å²) in [5, 5.41) is 5.03. The Kier molecular flexibility index (Phi) is 8.70. The molecular weight excluding hydrogens is 585 g/mol. The Balaban J connectivity index is 2.08. The number of rotatable bonds is 9. The fourth-order valence-electron chi connectivity index (χ4n) is 3.11. The van der Waals surface area contributed by atoms with E-state index in [0.717, 1.165) is 26.4 Å². The first kappa shape index (κ1) is 24.3. The van der Waals surface area contributed by atoms with Gasteiger partial charge in [-0.25, -0.2) is 4.98 Å². The second-order valence-corrected chi connectivity index (χ2v) is 8.99. The molecule has 32 heavy (non-hydrogen) atoms. The third-order valence-corrected chi connectivity index (χ3v) is 5.88. The van der Waals surface area contributed by atoms with Gasteiger partial charge >= 0.3 is 0 Å². The monoisotopic (exact) mass is 607 g/mol. The molecule has 2 aromatic carbocycles. The molecule has 0 bridgehead atoms. The lowest BCUT2D eigenvalue weighted by atomic mass is 10.2. The summed E-state index contributed by atoms with van der Waals surface area (Å²) in [6.45, 7) is 4.63. The molecule has 0 amide bonds. The van der Waals surface area contributed by atoms with Crippen molar-refractivity contribution in [1.82, 2.24) is 9.66 Å². The highest BCUT2D eigenvalue weighted by Crippen LogP contribution is 2.34. The van der Waals surface area contributed by atoms with Gasteiger partial charge in [-0.3, -0.25) is 4.79 Å². The van der Waals surface area contributed by atoms with E-state index >= 15 is 0 Å². The second kappa shape index (κ2) is 11.5. The van der Waals surface area contributed by atoms with Gasteiger partial charge in [0.2, 0.25) is 0 Å². The molecule has 0 fully saturated rings. The number of ether oxygens (including phenoxy) is 2. The summed E-state index contributed by atoms with van der Waals surface area (Å²) in [5.41, 5.74) is 1.24. The normalized spacial score (nSPS) is 11.1. The van der Waals surface area contributed by atoms with E-state index in [9.17, 15) is 4.79 Å². The van der Waals surface area contributed by atoms with Crippen LogP contribution in [0.5, 0.6) is 11.5 Å². The summed E-state index contributed by atoms with van der Waals surface area (Å²) in [5.74, 6) is 4.28. The van der Waals surface area contributed by atoms with Crippen molar-refractivity contribution in [2.24, 2.45) is 5.10 Å². The Morgan fingerprint density at radius 1 is 1.28 bits per heavy atom. The summed E-state index contributed by atoms with van der Waals surface area (Å²) in [6.07, 6.45) is 9.53. The largest absolute Gasteiger partial charge is 0.490 e. The van der Waals surface area contributed by atoms with Crippen LogP contribution < -0.4 is 15.0 Å². The highest BCUT2D eigenvalue weighted by Gasteiger charge is 2.13. The fourth-order valence-corrected chi connectivity index (χ4v) is 4.26. The number of fused-ring (bicyclic) bond motifs is 1. The average molecular weight is 608 g/mol. The van der Waals surface area contributed by atoms with Crippen molar-refractivity contribution in [2.45, 2.75) is 33.1 Å². The Hall–Kier alpha value is -2.38. The third kappa shape index (κ3) is 5.70. The van der Waals surface area contributed by atoms with Crippen LogP contribution in [0.3, 0.4) is 0 Å². The molecule has 8 heteroatoms. The molecule has 0 spiro atoms. The van der Waals surface area contributed by atoms with Gasteiger partial charge in [0.15, 0.2) is 11.5 Å². The molecule has 6 nitrogen and oxygen atoms in total. The Morgan fingerprint density at radius 3 is 2.81 bits per heavy atom. The molecule has 0 aliphatic heterocycles. The van der Waals surface area contributed by atoms with Crippen LogP contribution in [-0.4, -0.2) is 29.1 Å². The lowest BCUT2D eigenvalue weighted by Crippen LogP contribution is -2.22. The van der Waals surface area contributed by atoms with E-state index in [1.165, 1.54) is 4.68 Å². The molecule has 0 unspecified atom stereocenters. The lowest BCUT2D eigenvalue weighted by molar-refractivity contribution is 0.298. The Labute approximate surface area is 209 Å². The minimum Gasteiger partial charge on any atom is -0.490 e. The van der Waals surface area contributed by atoms with Gasteiger partial charge in [0.1, 0.15) is 12.4 Å². The summed E-state index contributed by atoms with van der Waals surface area (Å²) < 4.78 is 14.4. The van der Waals surface area contributed by atoms with Gasteiger partial charge in [-0.2, -0.15) is 9.78 Å². The molecule has 0 N–H and O–H groups in total. The lowest BCUT2D eigenvalue weighted by Gasteiger charge is -2.13. The summed E-state index contributed by atoms with van der Waals surface area (Å²) in [6, 6.07) is 9.22. The van der Waals surface area contributed by atoms with Gasteiger partial charge in [0.25, 0.3) is 5.56 Å². The topological polar surface area (TPSA) is 65.7 Å². The highest BCUT2D eigenvalue weighted by molar-refractivity contribution is 14.1. The summed E-state index contributed by atoms with van der Waals surface area (Å²) in [7, 11) is 0. The number of halogens is 2. The van der Waals surface area contributed by atoms with E-state index in [1.54, 1.807) is 12.3 Å². The molecule has 0 aliphatic carbocycles. The second-order valence-electron chi connectivity index (χ2n) is 6.91. The zero-order valence-corrected chi connectivity index (χ0v) is 21.6. The molecule has 166 valence electrons. The molecule has 1 aromatic heterocycles. The van der Waals surface area contributed by atoms with Gasteiger partial charge in [-0.05, 0) is 71.8 Å². The Morgan fingerprint density at radius 2 is 2.09 bits per heavy atom. The maximum atomic E-state index is 13.2. The molecule has 1 heterocycles. The van der Waals surface area contributed by atoms with Gasteiger partial charge in [-0.15, -0.1) is 6.42 Å². The molecular formula is C24H23BrIN3O3. The van der Waals surface area contributed by atoms with Crippen molar-refractivity contribution in [2.75, 3.05) is 13.2 Å². The molecule has 3 rings (SSSR count). The Bertz CT molecular complexity index is 1250. The van der Waals surface area contributed by atoms with Crippen LogP contribution in [0, 0.1) is 15.9 Å². The van der Waals surface area contributed by atoms with Crippen molar-refractivity contribution in [3.05, 3.63) is 60.1 Å². The van der Waals surface area contributed by atoms with Crippen LogP contribution in [0.25, 0.3) is 10.9 Å². The predicted molar refractivity (Wildman–Crippen MR) is 140 cm³/mol. The fraction of sp³-hybridized carbons (Fsp3) is 0.292. The number of terminal acetylenes is 1. The molecule has 0 saturated carbocycles. The zero-order valence-electron chi connectivity index (χ0n) is 17.9. The maximum Gasteiger partial charge on any atom is 0.282 e. The van der Waals surface area contributed by atoms with Gasteiger partial charge in [0.05, 0.1) is 27.3 Å². The van der Waals surface area contributed by atoms with E-state index in [1.807, 2.05) is 31.2 Å². The molecule has 0 saturated heterocycles. The first-order valence-electron chi connectivity index (χ1n) is 10.3. The smallest absolute Gasteiger partial charge is 0.282 e. The number of hydrogen-bond acceptors (Lipinski definition) is 5. The minimum absolute atomic E-state index is 0.151. The number of nitrogens with zero attached hydrogens (tertiary/aromatic N) is 3. The van der Waals surface area contributed by atoms with Crippen LogP contribution in [0.2, 0.25) is 0 Å². The van der Waals surface area contributed by atoms with Gasteiger partial charge in [0, 0.05) is 10.9 Å². The molecule has 0 atom stereocenters. The van der Waals surface area contributed by atoms with Gasteiger partial charge < -0.3 is 9.47 Å². The zero-order chi connectivity index (χ0) is 23.1. The van der Waals surface area contributed by atoms with E-state index in [-0.39, 0.29) is 12.2 Å². The number of benzene rings is 2. The molecule has 0 aliphatic rings. The summed E-state index contributed by atoms with van der Waals surface area (Å²) >= 11 is 5.60. The number of aromatic nitrogens is 2. The van der Waals surface area contributed by atoms with Crippen LogP contribution in [0.4, 0.5) is 0 Å². The van der Waals surface area contributed by atoms with Crippen molar-refractivity contribution < 1.29 is 9.47 Å². The van der Waals surface area contributed by atoms with Crippen molar-refractivity contribution in [1.29, 1.82) is 0 Å². The first-order chi connectivity index (χ1) is 15.5. The van der Waals surface area contributed by atoms with Crippen LogP contribution in [0.15, 0.2) is 44.7 Å². The maximum absolute atomic E-state index is 13.2. The molecule has 3 aromatic rings. The van der Waals surface area contributed by atoms with Crippen molar-refractivity contribution >= 4 is 55.6 Å². The van der Waals surface area contributed by atoms with E-state index < -0.39 is 0 Å². The van der Waals surface area contributed by atoms with Crippen molar-refractivity contribution in [3.63, 3.8) is 0 Å². The van der Waals surface area contributed by atoms with Crippen molar-refractivity contribution in [3.8, 4) is 23.8 Å². The molecule has 0 radical (unpaired) electrons. The van der Waals surface area contributed by atoms with Crippen LogP contribution in [0.1, 0.15) is 38.1 Å². The van der Waals surface area contributed by atoms with E-state index in [4.69, 9.17) is 20.9 Å². The van der Waals surface area contributed by atoms with Crippen LogP contribution >= 0.6 is 38.5 Å². The standard InChI is InChI=1S/C24H23BrIN3O3/c1-4-7-8-22-28-20-10-9-17(25)14-18(20)24(30)29(22)27-15-16-12-19(26)23(32-11-5-2)21(13-16)31-6-3/h2,9-10,12-15H,4,6-8,11H2,1,3H3. The quantitative estimate of drug-likeness (QED) is 0.186. The van der Waals surface area contributed by atoms with Crippen LogP contribution in [-0.2, 0) is 6.42 Å².